The van der Waals surface area contributed by atoms with Crippen LogP contribution in [0.15, 0.2) is 0 Å². The molecule has 1 rings (SSSR count). The van der Waals surface area contributed by atoms with Crippen LogP contribution in [-0.4, -0.2) is 49.2 Å². The third kappa shape index (κ3) is 3.27. The number of nitrogens with one attached hydrogen (secondary N) is 1. The van der Waals surface area contributed by atoms with Gasteiger partial charge in [-0.25, -0.2) is 0 Å². The zero-order valence-corrected chi connectivity index (χ0v) is 9.25. The van der Waals surface area contributed by atoms with Crippen molar-refractivity contribution in [1.29, 1.82) is 0 Å². The van der Waals surface area contributed by atoms with Gasteiger partial charge in [0.05, 0.1) is 19.3 Å². The maximum absolute atomic E-state index is 11.3. The van der Waals surface area contributed by atoms with Gasteiger partial charge in [-0.15, -0.1) is 0 Å². The minimum absolute atomic E-state index is 0.142. The fourth-order valence-electron chi connectivity index (χ4n) is 1.61. The molecule has 1 aliphatic rings. The van der Waals surface area contributed by atoms with Crippen LogP contribution in [0.25, 0.3) is 0 Å². The Balaban J connectivity index is 2.42. The van der Waals surface area contributed by atoms with Gasteiger partial charge in [-0.3, -0.25) is 4.79 Å². The molecule has 1 aliphatic heterocycles. The van der Waals surface area contributed by atoms with Crippen molar-refractivity contribution in [2.45, 2.75) is 32.9 Å². The Bertz CT molecular complexity index is 195. The van der Waals surface area contributed by atoms with Crippen LogP contribution in [0, 0.1) is 0 Å². The summed E-state index contributed by atoms with van der Waals surface area (Å²) < 4.78 is 5.36. The third-order valence-corrected chi connectivity index (χ3v) is 2.39. The number of amides is 1. The van der Waals surface area contributed by atoms with E-state index in [9.17, 15) is 4.79 Å². The van der Waals surface area contributed by atoms with Crippen LogP contribution in [0.4, 0.5) is 0 Å². The lowest BCUT2D eigenvalue weighted by Crippen LogP contribution is -2.52. The summed E-state index contributed by atoms with van der Waals surface area (Å²) in [5.41, 5.74) is 0. The molecule has 1 saturated heterocycles. The Morgan fingerprint density at radius 2 is 2.36 bits per heavy atom. The first-order valence-corrected chi connectivity index (χ1v) is 5.19. The first kappa shape index (κ1) is 11.5. The smallest absolute Gasteiger partial charge is 0.219 e. The summed E-state index contributed by atoms with van der Waals surface area (Å²) in [4.78, 5) is 13.2. The summed E-state index contributed by atoms with van der Waals surface area (Å²) >= 11 is 0. The first-order chi connectivity index (χ1) is 6.61. The average molecular weight is 200 g/mol. The highest BCUT2D eigenvalue weighted by molar-refractivity contribution is 5.73. The Kier molecular flexibility index (Phi) is 4.35. The lowest BCUT2D eigenvalue weighted by Gasteiger charge is -2.35. The van der Waals surface area contributed by atoms with E-state index in [1.807, 2.05) is 4.90 Å². The van der Waals surface area contributed by atoms with E-state index in [2.05, 4.69) is 19.2 Å². The van der Waals surface area contributed by atoms with Gasteiger partial charge in [0.25, 0.3) is 0 Å². The van der Waals surface area contributed by atoms with Gasteiger partial charge in [-0.1, -0.05) is 13.8 Å². The molecule has 0 radical (unpaired) electrons. The van der Waals surface area contributed by atoms with Gasteiger partial charge in [0.15, 0.2) is 0 Å². The molecule has 1 N–H and O–H groups in total. The summed E-state index contributed by atoms with van der Waals surface area (Å²) in [6.45, 7) is 8.67. The summed E-state index contributed by atoms with van der Waals surface area (Å²) in [6.07, 6.45) is 0. The minimum atomic E-state index is 0.142. The van der Waals surface area contributed by atoms with Gasteiger partial charge in [0, 0.05) is 26.1 Å². The van der Waals surface area contributed by atoms with Gasteiger partial charge >= 0.3 is 0 Å². The molecular weight excluding hydrogens is 180 g/mol. The van der Waals surface area contributed by atoms with E-state index in [0.29, 0.717) is 19.3 Å². The molecule has 4 nitrogen and oxygen atoms in total. The molecule has 0 saturated carbocycles. The van der Waals surface area contributed by atoms with Gasteiger partial charge in [-0.05, 0) is 0 Å². The van der Waals surface area contributed by atoms with Gasteiger partial charge < -0.3 is 15.0 Å². The molecule has 14 heavy (non-hydrogen) atoms. The SMILES string of the molecule is CC(=O)N1CCOCC1CNC(C)C. The van der Waals surface area contributed by atoms with Crippen LogP contribution in [0.2, 0.25) is 0 Å². The largest absolute Gasteiger partial charge is 0.377 e. The van der Waals surface area contributed by atoms with Crippen LogP contribution < -0.4 is 5.32 Å². The topological polar surface area (TPSA) is 41.6 Å². The second-order valence-corrected chi connectivity index (χ2v) is 4.00. The second kappa shape index (κ2) is 5.32. The number of morpholine rings is 1. The van der Waals surface area contributed by atoms with Gasteiger partial charge in [-0.2, -0.15) is 0 Å². The molecule has 82 valence electrons. The van der Waals surface area contributed by atoms with Crippen molar-refractivity contribution in [1.82, 2.24) is 10.2 Å². The van der Waals surface area contributed by atoms with Crippen molar-refractivity contribution < 1.29 is 9.53 Å². The summed E-state index contributed by atoms with van der Waals surface area (Å²) in [6, 6.07) is 0.648. The Hall–Kier alpha value is -0.610. The minimum Gasteiger partial charge on any atom is -0.377 e. The molecule has 0 bridgehead atoms. The number of hydrogen-bond acceptors (Lipinski definition) is 3. The highest BCUT2D eigenvalue weighted by Crippen LogP contribution is 2.06. The van der Waals surface area contributed by atoms with Crippen LogP contribution >= 0.6 is 0 Å². The third-order valence-electron chi connectivity index (χ3n) is 2.39. The number of nitrogens with zero attached hydrogens (tertiary/aromatic N) is 1. The molecule has 1 atom stereocenters. The quantitative estimate of drug-likeness (QED) is 0.709. The molecule has 4 heteroatoms. The average Bonchev–Trinajstić information content (AvgIpc) is 2.15. The van der Waals surface area contributed by atoms with E-state index >= 15 is 0 Å². The Morgan fingerprint density at radius 3 is 2.93 bits per heavy atom. The van der Waals surface area contributed by atoms with E-state index in [1.54, 1.807) is 6.92 Å². The van der Waals surface area contributed by atoms with E-state index in [0.717, 1.165) is 13.1 Å². The molecule has 0 aliphatic carbocycles. The lowest BCUT2D eigenvalue weighted by atomic mass is 10.2. The summed E-state index contributed by atoms with van der Waals surface area (Å²) in [5, 5.41) is 3.33. The number of rotatable bonds is 3. The molecule has 0 aromatic heterocycles. The van der Waals surface area contributed by atoms with E-state index < -0.39 is 0 Å². The predicted octanol–water partition coefficient (Wildman–Crippen LogP) is 0.232. The lowest BCUT2D eigenvalue weighted by molar-refractivity contribution is -0.137. The van der Waals surface area contributed by atoms with Crippen molar-refractivity contribution in [3.63, 3.8) is 0 Å². The summed E-state index contributed by atoms with van der Waals surface area (Å²) in [5.74, 6) is 0.142. The standard InChI is InChI=1S/C10H20N2O2/c1-8(2)11-6-10-7-14-5-4-12(10)9(3)13/h8,10-11H,4-7H2,1-3H3. The van der Waals surface area contributed by atoms with Crippen molar-refractivity contribution in [3.8, 4) is 0 Å². The van der Waals surface area contributed by atoms with Gasteiger partial charge in [0.1, 0.15) is 0 Å². The number of carbonyl (C=O) groups is 1. The molecule has 1 amide bonds. The van der Waals surface area contributed by atoms with Crippen molar-refractivity contribution >= 4 is 5.91 Å². The zero-order chi connectivity index (χ0) is 10.6. The van der Waals surface area contributed by atoms with Crippen molar-refractivity contribution in [2.24, 2.45) is 0 Å². The molecule has 0 spiro atoms. The highest BCUT2D eigenvalue weighted by Gasteiger charge is 2.24. The van der Waals surface area contributed by atoms with E-state index in [1.165, 1.54) is 0 Å². The van der Waals surface area contributed by atoms with Gasteiger partial charge in [0.2, 0.25) is 5.91 Å². The fourth-order valence-corrected chi connectivity index (χ4v) is 1.61. The first-order valence-electron chi connectivity index (χ1n) is 5.19. The molecule has 0 aromatic rings. The number of ether oxygens (including phenoxy) is 1. The fraction of sp³-hybridized carbons (Fsp3) is 0.900. The van der Waals surface area contributed by atoms with Crippen molar-refractivity contribution in [2.75, 3.05) is 26.3 Å². The van der Waals surface area contributed by atoms with E-state index in [-0.39, 0.29) is 11.9 Å². The summed E-state index contributed by atoms with van der Waals surface area (Å²) in [7, 11) is 0. The normalized spacial score (nSPS) is 22.9. The Labute approximate surface area is 85.6 Å². The van der Waals surface area contributed by atoms with Crippen LogP contribution in [0.3, 0.4) is 0 Å². The van der Waals surface area contributed by atoms with Crippen LogP contribution in [-0.2, 0) is 9.53 Å². The number of carbonyl (C=O) groups excluding carboxylic acids is 1. The molecule has 1 fully saturated rings. The van der Waals surface area contributed by atoms with E-state index in [4.69, 9.17) is 4.74 Å². The molecular formula is C10H20N2O2. The maximum atomic E-state index is 11.3. The van der Waals surface area contributed by atoms with Crippen LogP contribution in [0.5, 0.6) is 0 Å². The number of hydrogen-bond donors (Lipinski definition) is 1. The highest BCUT2D eigenvalue weighted by atomic mass is 16.5. The predicted molar refractivity (Wildman–Crippen MR) is 55.1 cm³/mol. The Morgan fingerprint density at radius 1 is 1.64 bits per heavy atom. The second-order valence-electron chi connectivity index (χ2n) is 4.00. The molecule has 1 unspecified atom stereocenters. The molecule has 0 aromatic carbocycles. The monoisotopic (exact) mass is 200 g/mol. The maximum Gasteiger partial charge on any atom is 0.219 e. The molecule has 1 heterocycles. The van der Waals surface area contributed by atoms with Crippen molar-refractivity contribution in [3.05, 3.63) is 0 Å². The van der Waals surface area contributed by atoms with Crippen LogP contribution in [0.1, 0.15) is 20.8 Å². The zero-order valence-electron chi connectivity index (χ0n) is 9.25.